The Morgan fingerprint density at radius 1 is 1.43 bits per heavy atom. The first-order valence-corrected chi connectivity index (χ1v) is 8.34. The number of hydrogen-bond donors (Lipinski definition) is 0. The second-order valence-corrected chi connectivity index (χ2v) is 6.58. The first kappa shape index (κ1) is 16.0. The van der Waals surface area contributed by atoms with Gasteiger partial charge in [0.2, 0.25) is 5.91 Å². The van der Waals surface area contributed by atoms with E-state index in [4.69, 9.17) is 4.42 Å². The Morgan fingerprint density at radius 2 is 2.22 bits per heavy atom. The molecule has 0 saturated heterocycles. The van der Waals surface area contributed by atoms with Gasteiger partial charge in [0, 0.05) is 22.2 Å². The molecule has 3 nitrogen and oxygen atoms in total. The molecule has 120 valence electrons. The topological polar surface area (TPSA) is 33.5 Å². The minimum atomic E-state index is -0.352. The van der Waals surface area contributed by atoms with E-state index in [9.17, 15) is 9.18 Å². The number of halogens is 2. The number of benzene rings is 1. The zero-order valence-electron chi connectivity index (χ0n) is 12.7. The van der Waals surface area contributed by atoms with E-state index in [1.54, 1.807) is 18.4 Å². The van der Waals surface area contributed by atoms with Crippen molar-refractivity contribution < 1.29 is 13.6 Å². The Bertz CT molecular complexity index is 723. The van der Waals surface area contributed by atoms with Crippen molar-refractivity contribution in [1.82, 2.24) is 4.90 Å². The summed E-state index contributed by atoms with van der Waals surface area (Å²) in [6.07, 6.45) is 6.55. The fraction of sp³-hybridized carbons (Fsp3) is 0.278. The van der Waals surface area contributed by atoms with E-state index in [1.807, 2.05) is 24.0 Å². The molecule has 23 heavy (non-hydrogen) atoms. The monoisotopic (exact) mass is 377 g/mol. The maximum Gasteiger partial charge on any atom is 0.247 e. The molecule has 1 heterocycles. The quantitative estimate of drug-likeness (QED) is 0.690. The Kier molecular flexibility index (Phi) is 4.66. The number of furan rings is 1. The molecule has 3 rings (SSSR count). The van der Waals surface area contributed by atoms with Crippen LogP contribution in [0.25, 0.3) is 6.08 Å². The normalized spacial score (nSPS) is 15.8. The molecule has 1 aromatic heterocycles. The highest BCUT2D eigenvalue weighted by Gasteiger charge is 2.36. The molecule has 1 unspecified atom stereocenters. The Hall–Kier alpha value is -1.88. The van der Waals surface area contributed by atoms with E-state index in [-0.39, 0.29) is 23.8 Å². The lowest BCUT2D eigenvalue weighted by Crippen LogP contribution is -2.34. The van der Waals surface area contributed by atoms with Crippen LogP contribution < -0.4 is 0 Å². The SMILES string of the molecule is CC(c1ccco1)N(C(=O)/C=C/c1cc(Br)ccc1F)C1CC1. The molecule has 1 saturated carbocycles. The molecule has 0 aliphatic heterocycles. The molecule has 0 N–H and O–H groups in total. The van der Waals surface area contributed by atoms with Crippen LogP contribution in [0.5, 0.6) is 0 Å². The van der Waals surface area contributed by atoms with Crippen LogP contribution in [0.4, 0.5) is 4.39 Å². The van der Waals surface area contributed by atoms with Gasteiger partial charge in [-0.05, 0) is 56.2 Å². The molecular weight excluding hydrogens is 361 g/mol. The summed E-state index contributed by atoms with van der Waals surface area (Å²) in [5.74, 6) is 0.275. The van der Waals surface area contributed by atoms with E-state index < -0.39 is 0 Å². The summed E-state index contributed by atoms with van der Waals surface area (Å²) >= 11 is 3.31. The van der Waals surface area contributed by atoms with Gasteiger partial charge in [-0.15, -0.1) is 0 Å². The van der Waals surface area contributed by atoms with Crippen molar-refractivity contribution in [2.75, 3.05) is 0 Å². The van der Waals surface area contributed by atoms with Crippen LogP contribution in [0, 0.1) is 5.82 Å². The van der Waals surface area contributed by atoms with Crippen molar-refractivity contribution in [3.8, 4) is 0 Å². The van der Waals surface area contributed by atoms with Gasteiger partial charge in [-0.2, -0.15) is 0 Å². The first-order chi connectivity index (χ1) is 11.1. The molecule has 1 atom stereocenters. The summed E-state index contributed by atoms with van der Waals surface area (Å²) < 4.78 is 20.0. The number of nitrogens with zero attached hydrogens (tertiary/aromatic N) is 1. The van der Waals surface area contributed by atoms with Crippen molar-refractivity contribution in [3.05, 3.63) is 64.3 Å². The van der Waals surface area contributed by atoms with Crippen molar-refractivity contribution in [2.24, 2.45) is 0 Å². The van der Waals surface area contributed by atoms with E-state index in [0.29, 0.717) is 5.56 Å². The summed E-state index contributed by atoms with van der Waals surface area (Å²) in [5, 5.41) is 0. The van der Waals surface area contributed by atoms with Gasteiger partial charge in [-0.25, -0.2) is 4.39 Å². The number of carbonyl (C=O) groups is 1. The van der Waals surface area contributed by atoms with Gasteiger partial charge in [0.1, 0.15) is 11.6 Å². The molecule has 2 aromatic rings. The zero-order valence-corrected chi connectivity index (χ0v) is 14.3. The first-order valence-electron chi connectivity index (χ1n) is 7.55. The van der Waals surface area contributed by atoms with E-state index in [0.717, 1.165) is 23.1 Å². The largest absolute Gasteiger partial charge is 0.467 e. The number of carbonyl (C=O) groups excluding carboxylic acids is 1. The van der Waals surface area contributed by atoms with E-state index in [2.05, 4.69) is 15.9 Å². The minimum absolute atomic E-state index is 0.129. The van der Waals surface area contributed by atoms with E-state index in [1.165, 1.54) is 18.2 Å². The summed E-state index contributed by atoms with van der Waals surface area (Å²) in [4.78, 5) is 14.4. The standard InChI is InChI=1S/C18H17BrFNO2/c1-12(17-3-2-10-23-17)21(15-6-7-15)18(22)9-4-13-11-14(19)5-8-16(13)20/h2-5,8-12,15H,6-7H2,1H3/b9-4+. The third kappa shape index (κ3) is 3.72. The maximum atomic E-state index is 13.8. The Labute approximate surface area is 142 Å². The average Bonchev–Trinajstić information content (AvgIpc) is 3.20. The fourth-order valence-electron chi connectivity index (χ4n) is 2.60. The lowest BCUT2D eigenvalue weighted by Gasteiger charge is -2.26. The zero-order chi connectivity index (χ0) is 16.4. The van der Waals surface area contributed by atoms with Crippen LogP contribution in [0.2, 0.25) is 0 Å². The maximum absolute atomic E-state index is 13.8. The molecule has 1 aliphatic carbocycles. The highest BCUT2D eigenvalue weighted by molar-refractivity contribution is 9.10. The second kappa shape index (κ2) is 6.71. The molecule has 0 bridgehead atoms. The van der Waals surface area contributed by atoms with Gasteiger partial charge >= 0.3 is 0 Å². The summed E-state index contributed by atoms with van der Waals surface area (Å²) in [5.41, 5.74) is 0.383. The molecule has 0 radical (unpaired) electrons. The van der Waals surface area contributed by atoms with Crippen LogP contribution in [0.1, 0.15) is 37.1 Å². The lowest BCUT2D eigenvalue weighted by atomic mass is 10.1. The summed E-state index contributed by atoms with van der Waals surface area (Å²) in [6.45, 7) is 1.95. The number of hydrogen-bond acceptors (Lipinski definition) is 2. The number of amides is 1. The summed E-state index contributed by atoms with van der Waals surface area (Å²) in [7, 11) is 0. The summed E-state index contributed by atoms with van der Waals surface area (Å²) in [6, 6.07) is 8.43. The molecule has 1 amide bonds. The van der Waals surface area contributed by atoms with Gasteiger partial charge in [0.05, 0.1) is 12.3 Å². The van der Waals surface area contributed by atoms with Crippen molar-refractivity contribution in [2.45, 2.75) is 31.8 Å². The minimum Gasteiger partial charge on any atom is -0.467 e. The molecule has 1 fully saturated rings. The van der Waals surface area contributed by atoms with Gasteiger partial charge in [0.15, 0.2) is 0 Å². The third-order valence-electron chi connectivity index (χ3n) is 3.93. The van der Waals surface area contributed by atoms with Crippen molar-refractivity contribution in [1.29, 1.82) is 0 Å². The van der Waals surface area contributed by atoms with Crippen LogP contribution in [-0.4, -0.2) is 16.8 Å². The Morgan fingerprint density at radius 3 is 2.87 bits per heavy atom. The third-order valence-corrected chi connectivity index (χ3v) is 4.42. The molecular formula is C18H17BrFNO2. The van der Waals surface area contributed by atoms with Gasteiger partial charge < -0.3 is 9.32 Å². The van der Waals surface area contributed by atoms with Gasteiger partial charge in [-0.1, -0.05) is 15.9 Å². The van der Waals surface area contributed by atoms with Crippen LogP contribution in [-0.2, 0) is 4.79 Å². The van der Waals surface area contributed by atoms with Crippen LogP contribution in [0.3, 0.4) is 0 Å². The van der Waals surface area contributed by atoms with Gasteiger partial charge in [0.25, 0.3) is 0 Å². The molecule has 5 heteroatoms. The van der Waals surface area contributed by atoms with Gasteiger partial charge in [-0.3, -0.25) is 4.79 Å². The molecule has 1 aliphatic rings. The number of rotatable bonds is 5. The smallest absolute Gasteiger partial charge is 0.247 e. The van der Waals surface area contributed by atoms with Crippen molar-refractivity contribution >= 4 is 27.9 Å². The predicted octanol–water partition coefficient (Wildman–Crippen LogP) is 4.95. The van der Waals surface area contributed by atoms with Crippen LogP contribution >= 0.6 is 15.9 Å². The second-order valence-electron chi connectivity index (χ2n) is 5.67. The Balaban J connectivity index is 1.79. The predicted molar refractivity (Wildman–Crippen MR) is 90.1 cm³/mol. The van der Waals surface area contributed by atoms with E-state index >= 15 is 0 Å². The molecule has 1 aromatic carbocycles. The molecule has 0 spiro atoms. The fourth-order valence-corrected chi connectivity index (χ4v) is 2.97. The highest BCUT2D eigenvalue weighted by Crippen LogP contribution is 2.34. The highest BCUT2D eigenvalue weighted by atomic mass is 79.9. The average molecular weight is 378 g/mol. The van der Waals surface area contributed by atoms with Crippen LogP contribution in [0.15, 0.2) is 51.6 Å². The lowest BCUT2D eigenvalue weighted by molar-refractivity contribution is -0.129. The van der Waals surface area contributed by atoms with Crippen molar-refractivity contribution in [3.63, 3.8) is 0 Å².